The average molecular weight is 248 g/mol. The van der Waals surface area contributed by atoms with E-state index in [0.717, 1.165) is 0 Å². The van der Waals surface area contributed by atoms with E-state index in [2.05, 4.69) is 15.4 Å². The number of benzene rings is 1. The van der Waals surface area contributed by atoms with Gasteiger partial charge in [0, 0.05) is 12.7 Å². The molecular weight excluding hydrogens is 237 g/mol. The van der Waals surface area contributed by atoms with Gasteiger partial charge in [0.15, 0.2) is 0 Å². The van der Waals surface area contributed by atoms with Gasteiger partial charge in [0.25, 0.3) is 0 Å². The molecule has 0 aromatic heterocycles. The Hall–Kier alpha value is -1.92. The van der Waals surface area contributed by atoms with Gasteiger partial charge in [-0.1, -0.05) is 0 Å². The summed E-state index contributed by atoms with van der Waals surface area (Å²) < 4.78 is 39.2. The monoisotopic (exact) mass is 248 g/mol. The lowest BCUT2D eigenvalue weighted by molar-refractivity contribution is -0.274. The number of hydrogen-bond donors (Lipinski definition) is 2. The number of ether oxygens (including phenoxy) is 1. The van der Waals surface area contributed by atoms with E-state index in [1.165, 1.54) is 31.3 Å². The van der Waals surface area contributed by atoms with Crippen LogP contribution in [0.2, 0.25) is 0 Å². The molecule has 0 aliphatic heterocycles. The zero-order valence-electron chi connectivity index (χ0n) is 8.97. The molecule has 1 amide bonds. The third-order valence-electron chi connectivity index (χ3n) is 1.82. The van der Waals surface area contributed by atoms with Crippen LogP contribution in [0.3, 0.4) is 0 Å². The van der Waals surface area contributed by atoms with Gasteiger partial charge in [-0.05, 0) is 24.3 Å². The summed E-state index contributed by atoms with van der Waals surface area (Å²) in [5, 5.41) is 5.14. The lowest BCUT2D eigenvalue weighted by Gasteiger charge is -2.10. The summed E-state index contributed by atoms with van der Waals surface area (Å²) >= 11 is 0. The summed E-state index contributed by atoms with van der Waals surface area (Å²) in [5.41, 5.74) is 0.531. The molecule has 0 spiro atoms. The molecule has 0 saturated heterocycles. The van der Waals surface area contributed by atoms with Gasteiger partial charge < -0.3 is 15.4 Å². The molecule has 0 heterocycles. The van der Waals surface area contributed by atoms with Crippen LogP contribution in [0, 0.1) is 0 Å². The van der Waals surface area contributed by atoms with E-state index in [1.54, 1.807) is 0 Å². The second-order valence-corrected chi connectivity index (χ2v) is 3.10. The second-order valence-electron chi connectivity index (χ2n) is 3.10. The lowest BCUT2D eigenvalue weighted by Crippen LogP contribution is -2.26. The zero-order valence-corrected chi connectivity index (χ0v) is 8.97. The Balaban J connectivity index is 2.53. The third-order valence-corrected chi connectivity index (χ3v) is 1.82. The van der Waals surface area contributed by atoms with E-state index < -0.39 is 6.36 Å². The van der Waals surface area contributed by atoms with E-state index in [-0.39, 0.29) is 18.2 Å². The maximum atomic E-state index is 11.9. The minimum absolute atomic E-state index is 0.0516. The molecule has 0 radical (unpaired) electrons. The van der Waals surface area contributed by atoms with Crippen LogP contribution in [0.5, 0.6) is 5.75 Å². The van der Waals surface area contributed by atoms with E-state index in [1.807, 2.05) is 0 Å². The number of amides is 1. The van der Waals surface area contributed by atoms with E-state index >= 15 is 0 Å². The molecule has 1 rings (SSSR count). The number of likely N-dealkylation sites (N-methyl/N-ethyl adjacent to an activating group) is 1. The first kappa shape index (κ1) is 13.1. The van der Waals surface area contributed by atoms with Gasteiger partial charge >= 0.3 is 6.36 Å². The number of carbonyl (C=O) groups is 1. The highest BCUT2D eigenvalue weighted by atomic mass is 19.4. The molecule has 4 nitrogen and oxygen atoms in total. The van der Waals surface area contributed by atoms with Crippen LogP contribution >= 0.6 is 0 Å². The van der Waals surface area contributed by atoms with Crippen molar-refractivity contribution in [2.45, 2.75) is 6.36 Å². The number of rotatable bonds is 4. The maximum Gasteiger partial charge on any atom is 0.573 e. The van der Waals surface area contributed by atoms with Gasteiger partial charge in [-0.3, -0.25) is 4.79 Å². The summed E-state index contributed by atoms with van der Waals surface area (Å²) in [4.78, 5) is 10.9. The molecule has 7 heteroatoms. The Morgan fingerprint density at radius 3 is 2.35 bits per heavy atom. The Labute approximate surface area is 95.8 Å². The van der Waals surface area contributed by atoms with Crippen molar-refractivity contribution in [1.29, 1.82) is 0 Å². The van der Waals surface area contributed by atoms with Gasteiger partial charge in [-0.25, -0.2) is 0 Å². The van der Waals surface area contributed by atoms with Gasteiger partial charge in [-0.15, -0.1) is 13.2 Å². The lowest BCUT2D eigenvalue weighted by atomic mass is 10.3. The van der Waals surface area contributed by atoms with Crippen LogP contribution in [0.25, 0.3) is 0 Å². The summed E-state index contributed by atoms with van der Waals surface area (Å²) in [7, 11) is 1.49. The first-order valence-corrected chi connectivity index (χ1v) is 4.71. The number of alkyl halides is 3. The fourth-order valence-electron chi connectivity index (χ4n) is 1.05. The minimum atomic E-state index is -4.70. The Morgan fingerprint density at radius 1 is 1.29 bits per heavy atom. The number of carbonyl (C=O) groups excluding carboxylic acids is 1. The predicted octanol–water partition coefficient (Wildman–Crippen LogP) is 1.74. The first-order chi connectivity index (χ1) is 7.90. The molecule has 0 unspecified atom stereocenters. The van der Waals surface area contributed by atoms with Crippen LogP contribution in [0.1, 0.15) is 0 Å². The van der Waals surface area contributed by atoms with Crippen LogP contribution < -0.4 is 15.4 Å². The van der Waals surface area contributed by atoms with Gasteiger partial charge in [-0.2, -0.15) is 0 Å². The Kier molecular flexibility index (Phi) is 4.19. The quantitative estimate of drug-likeness (QED) is 0.853. The minimum Gasteiger partial charge on any atom is -0.406 e. The standard InChI is InChI=1S/C10H11F3N2O2/c1-14-9(16)6-15-7-2-4-8(5-3-7)17-10(11,12)13/h2-5,15H,6H2,1H3,(H,14,16). The fourth-order valence-corrected chi connectivity index (χ4v) is 1.05. The van der Waals surface area contributed by atoms with Crippen molar-refractivity contribution in [3.8, 4) is 5.75 Å². The van der Waals surface area contributed by atoms with Crippen molar-refractivity contribution >= 4 is 11.6 Å². The van der Waals surface area contributed by atoms with E-state index in [4.69, 9.17) is 0 Å². The molecule has 0 aliphatic rings. The highest BCUT2D eigenvalue weighted by Crippen LogP contribution is 2.23. The largest absolute Gasteiger partial charge is 0.573 e. The molecule has 17 heavy (non-hydrogen) atoms. The maximum absolute atomic E-state index is 11.9. The van der Waals surface area contributed by atoms with E-state index in [9.17, 15) is 18.0 Å². The van der Waals surface area contributed by atoms with Gasteiger partial charge in [0.1, 0.15) is 5.75 Å². The summed E-state index contributed by atoms with van der Waals surface area (Å²) in [6.45, 7) is 0.0516. The van der Waals surface area contributed by atoms with Crippen LogP contribution in [-0.4, -0.2) is 25.9 Å². The summed E-state index contributed by atoms with van der Waals surface area (Å²) in [5.74, 6) is -0.524. The zero-order chi connectivity index (χ0) is 12.9. The molecule has 94 valence electrons. The van der Waals surface area contributed by atoms with E-state index in [0.29, 0.717) is 5.69 Å². The van der Waals surface area contributed by atoms with Crippen LogP contribution in [0.4, 0.5) is 18.9 Å². The second kappa shape index (κ2) is 5.42. The number of anilines is 1. The Morgan fingerprint density at radius 2 is 1.88 bits per heavy atom. The molecule has 0 saturated carbocycles. The highest BCUT2D eigenvalue weighted by Gasteiger charge is 2.30. The number of hydrogen-bond acceptors (Lipinski definition) is 3. The first-order valence-electron chi connectivity index (χ1n) is 4.71. The fraction of sp³-hybridized carbons (Fsp3) is 0.300. The van der Waals surface area contributed by atoms with Crippen LogP contribution in [-0.2, 0) is 4.79 Å². The van der Waals surface area contributed by atoms with Crippen molar-refractivity contribution in [3.05, 3.63) is 24.3 Å². The number of nitrogens with one attached hydrogen (secondary N) is 2. The summed E-state index contributed by atoms with van der Waals surface area (Å²) in [6, 6.07) is 5.12. The van der Waals surface area contributed by atoms with Crippen molar-refractivity contribution < 1.29 is 22.7 Å². The van der Waals surface area contributed by atoms with Gasteiger partial charge in [0.05, 0.1) is 6.54 Å². The van der Waals surface area contributed by atoms with Crippen molar-refractivity contribution in [2.24, 2.45) is 0 Å². The molecule has 0 aliphatic carbocycles. The molecule has 0 fully saturated rings. The Bertz CT molecular complexity index is 376. The smallest absolute Gasteiger partial charge is 0.406 e. The molecular formula is C10H11F3N2O2. The number of halogens is 3. The predicted molar refractivity (Wildman–Crippen MR) is 55.7 cm³/mol. The van der Waals surface area contributed by atoms with Crippen LogP contribution in [0.15, 0.2) is 24.3 Å². The van der Waals surface area contributed by atoms with Crippen molar-refractivity contribution in [2.75, 3.05) is 18.9 Å². The van der Waals surface area contributed by atoms with Crippen molar-refractivity contribution in [3.63, 3.8) is 0 Å². The normalized spacial score (nSPS) is 10.8. The summed E-state index contributed by atoms with van der Waals surface area (Å²) in [6.07, 6.45) is -4.70. The molecule has 2 N–H and O–H groups in total. The average Bonchev–Trinajstić information content (AvgIpc) is 2.25. The molecule has 1 aromatic carbocycles. The SMILES string of the molecule is CNC(=O)CNc1ccc(OC(F)(F)F)cc1. The van der Waals surface area contributed by atoms with Gasteiger partial charge in [0.2, 0.25) is 5.91 Å². The van der Waals surface area contributed by atoms with Crippen molar-refractivity contribution in [1.82, 2.24) is 5.32 Å². The third kappa shape index (κ3) is 5.10. The highest BCUT2D eigenvalue weighted by molar-refractivity contribution is 5.80. The molecule has 0 atom stereocenters. The topological polar surface area (TPSA) is 50.4 Å². The molecule has 0 bridgehead atoms. The molecule has 1 aromatic rings.